The van der Waals surface area contributed by atoms with Gasteiger partial charge in [0.15, 0.2) is 0 Å². The number of likely N-dealkylation sites (N-methyl/N-ethyl adjacent to an activating group) is 1. The van der Waals surface area contributed by atoms with Crippen LogP contribution in [0.4, 0.5) is 0 Å². The van der Waals surface area contributed by atoms with Crippen molar-refractivity contribution in [1.82, 2.24) is 5.32 Å². The summed E-state index contributed by atoms with van der Waals surface area (Å²) in [5.41, 5.74) is 3.18. The Bertz CT molecular complexity index is 372. The van der Waals surface area contributed by atoms with Crippen molar-refractivity contribution < 1.29 is 0 Å². The van der Waals surface area contributed by atoms with E-state index < -0.39 is 0 Å². The summed E-state index contributed by atoms with van der Waals surface area (Å²) in [6.07, 6.45) is 5.21. The number of benzene rings is 1. The summed E-state index contributed by atoms with van der Waals surface area (Å²) in [5.74, 6) is 1.49. The van der Waals surface area contributed by atoms with E-state index in [1.165, 1.54) is 25.7 Å². The molecule has 1 aromatic carbocycles. The van der Waals surface area contributed by atoms with Gasteiger partial charge in [-0.05, 0) is 42.9 Å². The fourth-order valence-corrected chi connectivity index (χ4v) is 3.57. The van der Waals surface area contributed by atoms with Gasteiger partial charge in [0.1, 0.15) is 0 Å². The molecule has 0 aromatic heterocycles. The Morgan fingerprint density at radius 2 is 2.06 bits per heavy atom. The summed E-state index contributed by atoms with van der Waals surface area (Å²) in [6.45, 7) is 8.02. The van der Waals surface area contributed by atoms with Crippen LogP contribution in [0.3, 0.4) is 0 Å². The third-order valence-corrected chi connectivity index (χ3v) is 4.41. The van der Waals surface area contributed by atoms with Crippen molar-refractivity contribution in [3.05, 3.63) is 35.4 Å². The molecule has 0 amide bonds. The van der Waals surface area contributed by atoms with Crippen molar-refractivity contribution in [3.8, 4) is 0 Å². The summed E-state index contributed by atoms with van der Waals surface area (Å²) in [4.78, 5) is 0. The lowest BCUT2D eigenvalue weighted by Crippen LogP contribution is -2.39. The lowest BCUT2D eigenvalue weighted by atomic mass is 9.83. The van der Waals surface area contributed by atoms with Crippen molar-refractivity contribution in [2.75, 3.05) is 6.54 Å². The molecule has 0 radical (unpaired) electrons. The summed E-state index contributed by atoms with van der Waals surface area (Å²) in [6, 6.07) is 9.68. The maximum atomic E-state index is 3.75. The first-order valence-corrected chi connectivity index (χ1v) is 7.59. The van der Waals surface area contributed by atoms with Crippen LogP contribution in [0.25, 0.3) is 0 Å². The van der Waals surface area contributed by atoms with Gasteiger partial charge in [-0.15, -0.1) is 0 Å². The Balaban J connectivity index is 2.17. The SMILES string of the molecule is CCCC(C)C(NCC)C1CCc2ccccc21. The first-order chi connectivity index (χ1) is 8.77. The van der Waals surface area contributed by atoms with Crippen LogP contribution in [0.2, 0.25) is 0 Å². The summed E-state index contributed by atoms with van der Waals surface area (Å²) in [5, 5.41) is 3.75. The normalized spacial score (nSPS) is 21.6. The van der Waals surface area contributed by atoms with Crippen molar-refractivity contribution in [2.45, 2.75) is 58.4 Å². The molecule has 100 valence electrons. The predicted molar refractivity (Wildman–Crippen MR) is 79.0 cm³/mol. The van der Waals surface area contributed by atoms with Gasteiger partial charge in [0.25, 0.3) is 0 Å². The molecule has 0 heterocycles. The Labute approximate surface area is 112 Å². The van der Waals surface area contributed by atoms with Crippen LogP contribution in [-0.2, 0) is 6.42 Å². The van der Waals surface area contributed by atoms with Gasteiger partial charge in [-0.2, -0.15) is 0 Å². The Kier molecular flexibility index (Phi) is 4.82. The largest absolute Gasteiger partial charge is 0.313 e. The van der Waals surface area contributed by atoms with Crippen LogP contribution >= 0.6 is 0 Å². The molecule has 1 nitrogen and oxygen atoms in total. The zero-order valence-electron chi connectivity index (χ0n) is 12.1. The van der Waals surface area contributed by atoms with Gasteiger partial charge < -0.3 is 5.32 Å². The van der Waals surface area contributed by atoms with Gasteiger partial charge >= 0.3 is 0 Å². The van der Waals surface area contributed by atoms with E-state index in [-0.39, 0.29) is 0 Å². The smallest absolute Gasteiger partial charge is 0.0161 e. The summed E-state index contributed by atoms with van der Waals surface area (Å²) >= 11 is 0. The quantitative estimate of drug-likeness (QED) is 0.794. The number of hydrogen-bond acceptors (Lipinski definition) is 1. The average Bonchev–Trinajstić information content (AvgIpc) is 2.80. The zero-order chi connectivity index (χ0) is 13.0. The van der Waals surface area contributed by atoms with Crippen LogP contribution in [0, 0.1) is 5.92 Å². The summed E-state index contributed by atoms with van der Waals surface area (Å²) in [7, 11) is 0. The highest BCUT2D eigenvalue weighted by Gasteiger charge is 2.31. The number of hydrogen-bond donors (Lipinski definition) is 1. The van der Waals surface area contributed by atoms with E-state index in [0.29, 0.717) is 6.04 Å². The first-order valence-electron chi connectivity index (χ1n) is 7.59. The van der Waals surface area contributed by atoms with E-state index in [9.17, 15) is 0 Å². The standard InChI is InChI=1S/C17H27N/c1-4-8-13(3)17(18-5-2)16-12-11-14-9-6-7-10-15(14)16/h6-7,9-10,13,16-18H,4-5,8,11-12H2,1-3H3. The van der Waals surface area contributed by atoms with Crippen molar-refractivity contribution in [3.63, 3.8) is 0 Å². The van der Waals surface area contributed by atoms with E-state index in [0.717, 1.165) is 18.4 Å². The minimum atomic E-state index is 0.651. The van der Waals surface area contributed by atoms with Crippen LogP contribution in [-0.4, -0.2) is 12.6 Å². The highest BCUT2D eigenvalue weighted by atomic mass is 14.9. The van der Waals surface area contributed by atoms with E-state index in [1.807, 2.05) is 0 Å². The van der Waals surface area contributed by atoms with Crippen molar-refractivity contribution in [2.24, 2.45) is 5.92 Å². The number of aryl methyl sites for hydroxylation is 1. The molecule has 0 aliphatic heterocycles. The van der Waals surface area contributed by atoms with Crippen LogP contribution < -0.4 is 5.32 Å². The number of rotatable bonds is 6. The molecule has 0 fully saturated rings. The molecule has 3 atom stereocenters. The summed E-state index contributed by atoms with van der Waals surface area (Å²) < 4.78 is 0. The van der Waals surface area contributed by atoms with Crippen molar-refractivity contribution >= 4 is 0 Å². The second kappa shape index (κ2) is 6.38. The molecular weight excluding hydrogens is 218 g/mol. The highest BCUT2D eigenvalue weighted by Crippen LogP contribution is 2.38. The molecular formula is C17H27N. The van der Waals surface area contributed by atoms with E-state index in [2.05, 4.69) is 50.4 Å². The molecule has 1 aromatic rings. The minimum Gasteiger partial charge on any atom is -0.313 e. The molecule has 0 bridgehead atoms. The first kappa shape index (κ1) is 13.6. The lowest BCUT2D eigenvalue weighted by Gasteiger charge is -2.31. The third kappa shape index (κ3) is 2.77. The van der Waals surface area contributed by atoms with E-state index in [1.54, 1.807) is 11.1 Å². The van der Waals surface area contributed by atoms with Gasteiger partial charge in [-0.25, -0.2) is 0 Å². The second-order valence-electron chi connectivity index (χ2n) is 5.69. The Hall–Kier alpha value is -0.820. The number of nitrogens with one attached hydrogen (secondary N) is 1. The van der Waals surface area contributed by atoms with Gasteiger partial charge in [-0.1, -0.05) is 51.5 Å². The molecule has 18 heavy (non-hydrogen) atoms. The molecule has 3 unspecified atom stereocenters. The van der Waals surface area contributed by atoms with Gasteiger partial charge in [0.2, 0.25) is 0 Å². The Morgan fingerprint density at radius 1 is 1.28 bits per heavy atom. The average molecular weight is 245 g/mol. The molecule has 0 spiro atoms. The predicted octanol–water partition coefficient (Wildman–Crippen LogP) is 4.13. The topological polar surface area (TPSA) is 12.0 Å². The molecule has 1 heteroatoms. The van der Waals surface area contributed by atoms with E-state index in [4.69, 9.17) is 0 Å². The molecule has 1 aliphatic carbocycles. The van der Waals surface area contributed by atoms with Crippen LogP contribution in [0.1, 0.15) is 57.1 Å². The zero-order valence-corrected chi connectivity index (χ0v) is 12.1. The Morgan fingerprint density at radius 3 is 2.78 bits per heavy atom. The van der Waals surface area contributed by atoms with Crippen LogP contribution in [0.15, 0.2) is 24.3 Å². The fourth-order valence-electron chi connectivity index (χ4n) is 3.57. The highest BCUT2D eigenvalue weighted by molar-refractivity contribution is 5.36. The maximum Gasteiger partial charge on any atom is 0.0161 e. The third-order valence-electron chi connectivity index (χ3n) is 4.41. The van der Waals surface area contributed by atoms with Gasteiger partial charge in [0.05, 0.1) is 0 Å². The minimum absolute atomic E-state index is 0.651. The van der Waals surface area contributed by atoms with Gasteiger partial charge in [0, 0.05) is 12.0 Å². The number of fused-ring (bicyclic) bond motifs is 1. The monoisotopic (exact) mass is 245 g/mol. The second-order valence-corrected chi connectivity index (χ2v) is 5.69. The lowest BCUT2D eigenvalue weighted by molar-refractivity contribution is 0.310. The molecule has 1 N–H and O–H groups in total. The molecule has 1 aliphatic rings. The molecule has 0 saturated heterocycles. The molecule has 2 rings (SSSR count). The maximum absolute atomic E-state index is 3.75. The van der Waals surface area contributed by atoms with Crippen LogP contribution in [0.5, 0.6) is 0 Å². The molecule has 0 saturated carbocycles. The van der Waals surface area contributed by atoms with Crippen molar-refractivity contribution in [1.29, 1.82) is 0 Å². The fraction of sp³-hybridized carbons (Fsp3) is 0.647. The van der Waals surface area contributed by atoms with Gasteiger partial charge in [-0.3, -0.25) is 0 Å². The van der Waals surface area contributed by atoms with E-state index >= 15 is 0 Å².